The minimum atomic E-state index is -3.88. The number of sulfonamides is 1. The zero-order chi connectivity index (χ0) is 18.1. The highest BCUT2D eigenvalue weighted by Crippen LogP contribution is 2.27. The van der Waals surface area contributed by atoms with Crippen LogP contribution in [0.4, 0.5) is 11.4 Å². The second kappa shape index (κ2) is 6.29. The predicted molar refractivity (Wildman–Crippen MR) is 87.2 cm³/mol. The van der Waals surface area contributed by atoms with Gasteiger partial charge >= 0.3 is 5.69 Å². The molecule has 0 spiro atoms. The number of fused-ring (bicyclic) bond motifs is 1. The summed E-state index contributed by atoms with van der Waals surface area (Å²) in [5.41, 5.74) is 2.86. The van der Waals surface area contributed by atoms with E-state index in [2.05, 4.69) is 10.3 Å². The van der Waals surface area contributed by atoms with E-state index in [4.69, 9.17) is 5.73 Å². The smallest absolute Gasteiger partial charge is 0.348 e. The van der Waals surface area contributed by atoms with Crippen LogP contribution in [0.3, 0.4) is 0 Å². The van der Waals surface area contributed by atoms with Crippen LogP contribution in [0.5, 0.6) is 0 Å². The van der Waals surface area contributed by atoms with Gasteiger partial charge in [0.25, 0.3) is 11.2 Å². The van der Waals surface area contributed by atoms with Crippen molar-refractivity contribution in [1.29, 1.82) is 0 Å². The van der Waals surface area contributed by atoms with Gasteiger partial charge in [0.2, 0.25) is 10.0 Å². The van der Waals surface area contributed by atoms with Gasteiger partial charge in [-0.25, -0.2) is 18.0 Å². The van der Waals surface area contributed by atoms with Gasteiger partial charge in [-0.1, -0.05) is 0 Å². The summed E-state index contributed by atoms with van der Waals surface area (Å²) in [7, 11) is -3.88. The SMILES string of the molecule is CS(=O)(=O)Nn1c(=O)[nH]c2cc([N+](=O)[O-])c(NCCN)cc2c1=O. The number of anilines is 1. The van der Waals surface area contributed by atoms with Gasteiger partial charge in [0.15, 0.2) is 0 Å². The topological polar surface area (TPSA) is 182 Å². The van der Waals surface area contributed by atoms with Gasteiger partial charge in [0, 0.05) is 19.2 Å². The van der Waals surface area contributed by atoms with Crippen molar-refractivity contribution >= 4 is 32.3 Å². The minimum Gasteiger partial charge on any atom is -0.378 e. The van der Waals surface area contributed by atoms with Crippen molar-refractivity contribution in [2.24, 2.45) is 5.73 Å². The van der Waals surface area contributed by atoms with E-state index in [1.807, 2.05) is 0 Å². The summed E-state index contributed by atoms with van der Waals surface area (Å²) < 4.78 is 22.8. The first-order valence-electron chi connectivity index (χ1n) is 6.53. The van der Waals surface area contributed by atoms with Gasteiger partial charge < -0.3 is 16.0 Å². The van der Waals surface area contributed by atoms with E-state index in [-0.39, 0.29) is 40.0 Å². The van der Waals surface area contributed by atoms with Crippen LogP contribution in [0, 0.1) is 10.1 Å². The van der Waals surface area contributed by atoms with E-state index in [0.717, 1.165) is 18.4 Å². The Bertz CT molecular complexity index is 1020. The molecule has 0 saturated heterocycles. The highest BCUT2D eigenvalue weighted by Gasteiger charge is 2.19. The van der Waals surface area contributed by atoms with E-state index in [0.29, 0.717) is 0 Å². The van der Waals surface area contributed by atoms with E-state index < -0.39 is 26.2 Å². The second-order valence-electron chi connectivity index (χ2n) is 4.82. The molecule has 1 aromatic carbocycles. The molecule has 5 N–H and O–H groups in total. The van der Waals surface area contributed by atoms with Crippen molar-refractivity contribution in [3.63, 3.8) is 0 Å². The molecule has 0 amide bonds. The summed E-state index contributed by atoms with van der Waals surface area (Å²) in [4.78, 5) is 38.6. The van der Waals surface area contributed by atoms with Crippen LogP contribution >= 0.6 is 0 Å². The summed E-state index contributed by atoms with van der Waals surface area (Å²) >= 11 is 0. The normalized spacial score (nSPS) is 11.4. The molecule has 130 valence electrons. The minimum absolute atomic E-state index is 0.0213. The summed E-state index contributed by atoms with van der Waals surface area (Å²) in [5.74, 6) is 0. The van der Waals surface area contributed by atoms with Crippen LogP contribution in [-0.2, 0) is 10.0 Å². The van der Waals surface area contributed by atoms with Crippen LogP contribution < -0.4 is 27.1 Å². The van der Waals surface area contributed by atoms with Crippen LogP contribution in [0.1, 0.15) is 0 Å². The van der Waals surface area contributed by atoms with Gasteiger partial charge in [-0.05, 0) is 6.07 Å². The molecule has 2 rings (SSSR count). The first-order valence-corrected chi connectivity index (χ1v) is 8.42. The van der Waals surface area contributed by atoms with Crippen molar-refractivity contribution in [3.05, 3.63) is 43.1 Å². The maximum atomic E-state index is 12.3. The van der Waals surface area contributed by atoms with Crippen LogP contribution in [0.25, 0.3) is 10.9 Å². The zero-order valence-electron chi connectivity index (χ0n) is 12.4. The molecule has 0 fully saturated rings. The number of nitro benzene ring substituents is 1. The number of hydrogen-bond donors (Lipinski definition) is 4. The van der Waals surface area contributed by atoms with E-state index in [9.17, 15) is 28.1 Å². The number of aromatic amines is 1. The molecular weight excluding hydrogens is 344 g/mol. The third kappa shape index (κ3) is 3.52. The third-order valence-corrected chi connectivity index (χ3v) is 3.44. The molecule has 12 nitrogen and oxygen atoms in total. The maximum absolute atomic E-state index is 12.3. The van der Waals surface area contributed by atoms with Crippen molar-refractivity contribution in [2.45, 2.75) is 0 Å². The number of nitro groups is 1. The largest absolute Gasteiger partial charge is 0.378 e. The fourth-order valence-electron chi connectivity index (χ4n) is 2.00. The fourth-order valence-corrected chi connectivity index (χ4v) is 2.50. The molecule has 1 aromatic heterocycles. The van der Waals surface area contributed by atoms with Crippen LogP contribution in [0.2, 0.25) is 0 Å². The zero-order valence-corrected chi connectivity index (χ0v) is 13.2. The predicted octanol–water partition coefficient (Wildman–Crippen LogP) is -1.53. The van der Waals surface area contributed by atoms with Crippen LogP contribution in [0.15, 0.2) is 21.7 Å². The first kappa shape index (κ1) is 17.4. The number of benzene rings is 1. The van der Waals surface area contributed by atoms with Crippen molar-refractivity contribution in [3.8, 4) is 0 Å². The van der Waals surface area contributed by atoms with E-state index in [1.165, 1.54) is 0 Å². The first-order chi connectivity index (χ1) is 11.1. The Morgan fingerprint density at radius 1 is 1.38 bits per heavy atom. The molecule has 1 heterocycles. The number of nitrogens with two attached hydrogens (primary N) is 1. The van der Waals surface area contributed by atoms with Crippen LogP contribution in [-0.4, -0.2) is 42.3 Å². The number of nitrogens with one attached hydrogen (secondary N) is 3. The molecule has 24 heavy (non-hydrogen) atoms. The third-order valence-electron chi connectivity index (χ3n) is 2.93. The highest BCUT2D eigenvalue weighted by atomic mass is 32.2. The van der Waals surface area contributed by atoms with Gasteiger partial charge in [-0.3, -0.25) is 14.9 Å². The fraction of sp³-hybridized carbons (Fsp3) is 0.273. The molecular formula is C11H14N6O6S. The summed E-state index contributed by atoms with van der Waals surface area (Å²) in [5, 5.41) is 13.7. The summed E-state index contributed by atoms with van der Waals surface area (Å²) in [6.45, 7) is 0.409. The summed E-state index contributed by atoms with van der Waals surface area (Å²) in [6.07, 6.45) is 0.771. The molecule has 0 aliphatic rings. The Labute approximate surface area is 134 Å². The van der Waals surface area contributed by atoms with Gasteiger partial charge in [0.05, 0.1) is 22.1 Å². The molecule has 0 unspecified atom stereocenters. The lowest BCUT2D eigenvalue weighted by Crippen LogP contribution is -2.43. The molecule has 0 aliphatic heterocycles. The molecule has 0 radical (unpaired) electrons. The number of aromatic nitrogens is 2. The quantitative estimate of drug-likeness (QED) is 0.354. The Morgan fingerprint density at radius 2 is 2.04 bits per heavy atom. The number of hydrogen-bond acceptors (Lipinski definition) is 8. The average Bonchev–Trinajstić information content (AvgIpc) is 2.48. The lowest BCUT2D eigenvalue weighted by atomic mass is 10.2. The van der Waals surface area contributed by atoms with E-state index in [1.54, 1.807) is 4.83 Å². The highest BCUT2D eigenvalue weighted by molar-refractivity contribution is 7.91. The number of H-pyrrole nitrogens is 1. The van der Waals surface area contributed by atoms with Crippen molar-refractivity contribution < 1.29 is 13.3 Å². The Hall–Kier alpha value is -2.93. The standard InChI is InChI=1S/C11H14N6O6S/c1-24(22,23)15-16-10(18)6-4-8(13-3-2-12)9(17(20)21)5-7(6)14-11(16)19/h4-5,13,15H,2-3,12H2,1H3,(H,14,19). The molecule has 0 aliphatic carbocycles. The van der Waals surface area contributed by atoms with Gasteiger partial charge in [0.1, 0.15) is 5.69 Å². The second-order valence-corrected chi connectivity index (χ2v) is 6.55. The summed E-state index contributed by atoms with van der Waals surface area (Å²) in [6, 6.07) is 2.17. The van der Waals surface area contributed by atoms with Gasteiger partial charge in [-0.2, -0.15) is 4.68 Å². The Morgan fingerprint density at radius 3 is 2.58 bits per heavy atom. The molecule has 13 heteroatoms. The van der Waals surface area contributed by atoms with E-state index >= 15 is 0 Å². The number of nitrogens with zero attached hydrogens (tertiary/aromatic N) is 2. The molecule has 0 bridgehead atoms. The van der Waals surface area contributed by atoms with Crippen molar-refractivity contribution in [2.75, 3.05) is 29.5 Å². The molecule has 0 atom stereocenters. The van der Waals surface area contributed by atoms with Gasteiger partial charge in [-0.15, -0.1) is 0 Å². The molecule has 2 aromatic rings. The van der Waals surface area contributed by atoms with Crippen molar-refractivity contribution in [1.82, 2.24) is 9.66 Å². The maximum Gasteiger partial charge on any atom is 0.348 e. The lowest BCUT2D eigenvalue weighted by Gasteiger charge is -2.10. The monoisotopic (exact) mass is 358 g/mol. The molecule has 0 saturated carbocycles. The Kier molecular flexibility index (Phi) is 4.57. The lowest BCUT2D eigenvalue weighted by molar-refractivity contribution is -0.383. The number of rotatable bonds is 6. The average molecular weight is 358 g/mol. The Balaban J connectivity index is 2.78.